The van der Waals surface area contributed by atoms with Crippen LogP contribution < -0.4 is 5.32 Å². The molecule has 10 heteroatoms. The number of aromatic nitrogens is 4. The van der Waals surface area contributed by atoms with Crippen LogP contribution in [0.25, 0.3) is 0 Å². The lowest BCUT2D eigenvalue weighted by molar-refractivity contribution is 0.0248. The molecule has 0 spiro atoms. The average Bonchev–Trinajstić information content (AvgIpc) is 3.31. The molecule has 0 unspecified atom stereocenters. The molecule has 0 saturated carbocycles. The van der Waals surface area contributed by atoms with Gasteiger partial charge in [0.2, 0.25) is 0 Å². The Balaban J connectivity index is 1.64. The standard InChI is InChI=1S/C16H21ClN6O2S/c1-3-10-13(17)21-14(19-10)15(24)20-11-4-6-22(8-12(11)25-2)16(26)23-7-5-18-9-23/h5,7,9,11-12H,3-4,6,8H2,1-2H3,(H,19,21)(H,20,24)/t11-,12+/m1/s1. The molecule has 26 heavy (non-hydrogen) atoms. The summed E-state index contributed by atoms with van der Waals surface area (Å²) in [6, 6.07) is -0.136. The van der Waals surface area contributed by atoms with Gasteiger partial charge >= 0.3 is 0 Å². The smallest absolute Gasteiger partial charge is 0.287 e. The monoisotopic (exact) mass is 396 g/mol. The number of thiocarbonyl (C=S) groups is 1. The van der Waals surface area contributed by atoms with Crippen LogP contribution in [0, 0.1) is 0 Å². The maximum Gasteiger partial charge on any atom is 0.287 e. The summed E-state index contributed by atoms with van der Waals surface area (Å²) in [5.41, 5.74) is 0.751. The van der Waals surface area contributed by atoms with E-state index in [4.69, 9.17) is 28.6 Å². The zero-order valence-electron chi connectivity index (χ0n) is 14.6. The molecule has 1 fully saturated rings. The maximum atomic E-state index is 12.5. The van der Waals surface area contributed by atoms with Crippen LogP contribution in [0.4, 0.5) is 0 Å². The van der Waals surface area contributed by atoms with Crippen molar-refractivity contribution in [3.63, 3.8) is 0 Å². The van der Waals surface area contributed by atoms with E-state index in [0.717, 1.165) is 5.69 Å². The number of amides is 1. The van der Waals surface area contributed by atoms with Gasteiger partial charge in [-0.25, -0.2) is 9.97 Å². The summed E-state index contributed by atoms with van der Waals surface area (Å²) >= 11 is 11.5. The molecular weight excluding hydrogens is 376 g/mol. The molecule has 2 N–H and O–H groups in total. The Bertz CT molecular complexity index is 778. The minimum absolute atomic E-state index is 0.136. The quantitative estimate of drug-likeness (QED) is 0.761. The fraction of sp³-hybridized carbons (Fsp3) is 0.500. The molecule has 1 amide bonds. The summed E-state index contributed by atoms with van der Waals surface area (Å²) in [5.74, 6) is -0.0673. The van der Waals surface area contributed by atoms with E-state index >= 15 is 0 Å². The van der Waals surface area contributed by atoms with Crippen molar-refractivity contribution in [3.05, 3.63) is 35.4 Å². The summed E-state index contributed by atoms with van der Waals surface area (Å²) in [5, 5.41) is 3.99. The molecule has 140 valence electrons. The van der Waals surface area contributed by atoms with Gasteiger partial charge in [0, 0.05) is 32.6 Å². The lowest BCUT2D eigenvalue weighted by Gasteiger charge is -2.39. The predicted octanol–water partition coefficient (Wildman–Crippen LogP) is 1.47. The van der Waals surface area contributed by atoms with Crippen molar-refractivity contribution in [3.8, 4) is 0 Å². The molecule has 1 aliphatic rings. The average molecular weight is 397 g/mol. The number of aryl methyl sites for hydroxylation is 1. The van der Waals surface area contributed by atoms with Gasteiger partial charge in [0.1, 0.15) is 6.33 Å². The first-order valence-corrected chi connectivity index (χ1v) is 9.17. The summed E-state index contributed by atoms with van der Waals surface area (Å²) in [7, 11) is 1.63. The highest BCUT2D eigenvalue weighted by Gasteiger charge is 2.32. The van der Waals surface area contributed by atoms with E-state index in [-0.39, 0.29) is 23.9 Å². The summed E-state index contributed by atoms with van der Waals surface area (Å²) < 4.78 is 7.38. The van der Waals surface area contributed by atoms with Crippen molar-refractivity contribution in [2.45, 2.75) is 31.9 Å². The third-order valence-electron chi connectivity index (χ3n) is 4.47. The van der Waals surface area contributed by atoms with Gasteiger partial charge in [0.05, 0.1) is 17.8 Å². The number of hydrogen-bond acceptors (Lipinski definition) is 5. The van der Waals surface area contributed by atoms with Gasteiger partial charge in [-0.1, -0.05) is 18.5 Å². The van der Waals surface area contributed by atoms with E-state index in [1.165, 1.54) is 0 Å². The number of ether oxygens (including phenoxy) is 1. The zero-order chi connectivity index (χ0) is 18.7. The number of carbonyl (C=O) groups is 1. The molecule has 2 aromatic rings. The first-order chi connectivity index (χ1) is 12.5. The van der Waals surface area contributed by atoms with Crippen LogP contribution in [-0.4, -0.2) is 67.8 Å². The number of halogens is 1. The minimum atomic E-state index is -0.288. The van der Waals surface area contributed by atoms with E-state index in [0.29, 0.717) is 36.2 Å². The van der Waals surface area contributed by atoms with Gasteiger partial charge in [0.15, 0.2) is 16.1 Å². The Kier molecular flexibility index (Phi) is 5.90. The lowest BCUT2D eigenvalue weighted by Crippen LogP contribution is -2.56. The van der Waals surface area contributed by atoms with Crippen LogP contribution in [0.3, 0.4) is 0 Å². The highest BCUT2D eigenvalue weighted by atomic mass is 35.5. The SMILES string of the molecule is CCc1[nH]c(C(=O)N[C@@H]2CCN(C(=S)n3ccnc3)C[C@@H]2OC)nc1Cl. The minimum Gasteiger partial charge on any atom is -0.377 e. The summed E-state index contributed by atoms with van der Waals surface area (Å²) in [4.78, 5) is 25.6. The second-order valence-electron chi connectivity index (χ2n) is 6.05. The molecule has 0 aliphatic carbocycles. The number of aromatic amines is 1. The highest BCUT2D eigenvalue weighted by Crippen LogP contribution is 2.17. The Morgan fingerprint density at radius 2 is 2.38 bits per heavy atom. The predicted molar refractivity (Wildman–Crippen MR) is 101 cm³/mol. The van der Waals surface area contributed by atoms with Gasteiger partial charge in [-0.05, 0) is 25.1 Å². The summed E-state index contributed by atoms with van der Waals surface area (Å²) in [6.45, 7) is 3.24. The van der Waals surface area contributed by atoms with Crippen molar-refractivity contribution in [1.82, 2.24) is 29.7 Å². The van der Waals surface area contributed by atoms with Gasteiger partial charge in [0.25, 0.3) is 5.91 Å². The van der Waals surface area contributed by atoms with Gasteiger partial charge in [-0.15, -0.1) is 0 Å². The molecule has 0 bridgehead atoms. The third-order valence-corrected chi connectivity index (χ3v) is 5.25. The number of carbonyl (C=O) groups excluding carboxylic acids is 1. The van der Waals surface area contributed by atoms with Crippen LogP contribution in [0.1, 0.15) is 29.7 Å². The van der Waals surface area contributed by atoms with Crippen LogP contribution in [0.2, 0.25) is 5.15 Å². The molecule has 3 rings (SSSR count). The van der Waals surface area contributed by atoms with Gasteiger partial charge in [-0.3, -0.25) is 9.36 Å². The first-order valence-electron chi connectivity index (χ1n) is 8.38. The summed E-state index contributed by atoms with van der Waals surface area (Å²) in [6.07, 6.45) is 6.36. The molecule has 1 aliphatic heterocycles. The van der Waals surface area contributed by atoms with E-state index in [9.17, 15) is 4.79 Å². The van der Waals surface area contributed by atoms with Crippen molar-refractivity contribution < 1.29 is 9.53 Å². The van der Waals surface area contributed by atoms with E-state index < -0.39 is 0 Å². The molecule has 2 atom stereocenters. The Hall–Kier alpha value is -1.97. The number of likely N-dealkylation sites (tertiary alicyclic amines) is 1. The van der Waals surface area contributed by atoms with Crippen LogP contribution in [0.5, 0.6) is 0 Å². The molecule has 8 nitrogen and oxygen atoms in total. The number of H-pyrrole nitrogens is 1. The highest BCUT2D eigenvalue weighted by molar-refractivity contribution is 7.80. The third kappa shape index (κ3) is 3.89. The van der Waals surface area contributed by atoms with E-state index in [2.05, 4.69) is 20.3 Å². The maximum absolute atomic E-state index is 12.5. The number of piperidine rings is 1. The largest absolute Gasteiger partial charge is 0.377 e. The number of methoxy groups -OCH3 is 1. The Morgan fingerprint density at radius 3 is 3.00 bits per heavy atom. The number of rotatable bonds is 4. The number of hydrogen-bond donors (Lipinski definition) is 2. The fourth-order valence-electron chi connectivity index (χ4n) is 3.00. The molecule has 2 aromatic heterocycles. The lowest BCUT2D eigenvalue weighted by atomic mass is 10.0. The van der Waals surface area contributed by atoms with Crippen LogP contribution in [-0.2, 0) is 11.2 Å². The Morgan fingerprint density at radius 1 is 1.58 bits per heavy atom. The van der Waals surface area contributed by atoms with Crippen molar-refractivity contribution in [1.29, 1.82) is 0 Å². The van der Waals surface area contributed by atoms with Crippen LogP contribution in [0.15, 0.2) is 18.7 Å². The van der Waals surface area contributed by atoms with Crippen LogP contribution >= 0.6 is 23.8 Å². The van der Waals surface area contributed by atoms with Crippen molar-refractivity contribution in [2.24, 2.45) is 0 Å². The van der Waals surface area contributed by atoms with Crippen molar-refractivity contribution >= 4 is 34.8 Å². The first kappa shape index (κ1) is 18.8. The van der Waals surface area contributed by atoms with Crippen molar-refractivity contribution in [2.75, 3.05) is 20.2 Å². The van der Waals surface area contributed by atoms with E-state index in [1.54, 1.807) is 24.2 Å². The Labute approximate surface area is 161 Å². The molecule has 3 heterocycles. The number of nitrogens with one attached hydrogen (secondary N) is 2. The van der Waals surface area contributed by atoms with Gasteiger partial charge < -0.3 is 19.9 Å². The second-order valence-corrected chi connectivity index (χ2v) is 6.77. The fourth-order valence-corrected chi connectivity index (χ4v) is 3.54. The molecule has 0 aromatic carbocycles. The number of nitrogens with zero attached hydrogens (tertiary/aromatic N) is 4. The topological polar surface area (TPSA) is 88.1 Å². The van der Waals surface area contributed by atoms with E-state index in [1.807, 2.05) is 18.0 Å². The molecular formula is C16H21ClN6O2S. The normalized spacial score (nSPS) is 20.2. The second kappa shape index (κ2) is 8.15. The molecule has 0 radical (unpaired) electrons. The van der Waals surface area contributed by atoms with Gasteiger partial charge in [-0.2, -0.15) is 0 Å². The molecule has 1 saturated heterocycles. The zero-order valence-corrected chi connectivity index (χ0v) is 16.2. The number of imidazole rings is 2.